The third-order valence-electron chi connectivity index (χ3n) is 5.59. The molecule has 0 saturated carbocycles. The van der Waals surface area contributed by atoms with Crippen LogP contribution < -0.4 is 16.4 Å². The molecule has 0 aliphatic heterocycles. The van der Waals surface area contributed by atoms with Crippen LogP contribution in [0.2, 0.25) is 10.3 Å². The molecule has 0 bridgehead atoms. The number of aromatic nitrogens is 3. The quantitative estimate of drug-likeness (QED) is 0.195. The van der Waals surface area contributed by atoms with Crippen molar-refractivity contribution in [2.75, 3.05) is 17.7 Å². The predicted molar refractivity (Wildman–Crippen MR) is 152 cm³/mol. The van der Waals surface area contributed by atoms with Crippen LogP contribution in [0.15, 0.2) is 51.8 Å². The van der Waals surface area contributed by atoms with E-state index in [2.05, 4.69) is 20.6 Å². The number of rotatable bonds is 8. The maximum Gasteiger partial charge on any atom is 0.420 e. The number of carbonyl (C=O) groups excluding carboxylic acids is 2. The summed E-state index contributed by atoms with van der Waals surface area (Å²) in [6.07, 6.45) is 1.80. The molecule has 4 aromatic rings. The molecule has 0 atom stereocenters. The molecule has 2 N–H and O–H groups in total. The molecule has 0 fully saturated rings. The molecule has 0 spiro atoms. The number of esters is 1. The number of benzene rings is 2. The van der Waals surface area contributed by atoms with Gasteiger partial charge in [-0.1, -0.05) is 23.7 Å². The number of aryl methyl sites for hydroxylation is 2. The summed E-state index contributed by atoms with van der Waals surface area (Å²) in [6, 6.07) is 10.8. The first-order valence-electron chi connectivity index (χ1n) is 12.2. The van der Waals surface area contributed by atoms with Crippen LogP contribution in [0.5, 0.6) is 0 Å². The first-order chi connectivity index (χ1) is 18.9. The highest BCUT2D eigenvalue weighted by atomic mass is 35.5. The second kappa shape index (κ2) is 12.0. The van der Waals surface area contributed by atoms with Crippen molar-refractivity contribution >= 4 is 63.6 Å². The van der Waals surface area contributed by atoms with Gasteiger partial charge in [0.2, 0.25) is 5.28 Å². The number of anilines is 3. The zero-order valence-electron chi connectivity index (χ0n) is 22.2. The summed E-state index contributed by atoms with van der Waals surface area (Å²) < 4.78 is 16.8. The Kier molecular flexibility index (Phi) is 8.65. The summed E-state index contributed by atoms with van der Waals surface area (Å²) >= 11 is 12.2. The van der Waals surface area contributed by atoms with E-state index < -0.39 is 23.4 Å². The van der Waals surface area contributed by atoms with Gasteiger partial charge in [0.25, 0.3) is 0 Å². The van der Waals surface area contributed by atoms with Gasteiger partial charge in [0.1, 0.15) is 17.2 Å². The van der Waals surface area contributed by atoms with Crippen LogP contribution in [0, 0.1) is 0 Å². The van der Waals surface area contributed by atoms with Crippen LogP contribution in [0.25, 0.3) is 11.1 Å². The van der Waals surface area contributed by atoms with E-state index in [1.54, 1.807) is 39.0 Å². The van der Waals surface area contributed by atoms with Gasteiger partial charge in [-0.25, -0.2) is 14.6 Å². The van der Waals surface area contributed by atoms with Crippen molar-refractivity contribution < 1.29 is 23.5 Å². The van der Waals surface area contributed by atoms with Gasteiger partial charge in [0.15, 0.2) is 11.4 Å². The normalized spacial score (nSPS) is 11.3. The molecule has 210 valence electrons. The summed E-state index contributed by atoms with van der Waals surface area (Å²) in [5.41, 5.74) is 2.80. The maximum absolute atomic E-state index is 12.7. The summed E-state index contributed by atoms with van der Waals surface area (Å²) in [4.78, 5) is 44.8. The fourth-order valence-electron chi connectivity index (χ4n) is 3.91. The van der Waals surface area contributed by atoms with E-state index in [1.165, 1.54) is 17.9 Å². The van der Waals surface area contributed by atoms with Gasteiger partial charge in [-0.2, -0.15) is 4.98 Å². The van der Waals surface area contributed by atoms with Gasteiger partial charge >= 0.3 is 17.8 Å². The minimum absolute atomic E-state index is 0.000940. The average Bonchev–Trinajstić information content (AvgIpc) is 3.18. The highest BCUT2D eigenvalue weighted by Gasteiger charge is 2.19. The first-order valence-corrected chi connectivity index (χ1v) is 12.9. The molecule has 0 aliphatic carbocycles. The lowest BCUT2D eigenvalue weighted by Gasteiger charge is -2.19. The Hall–Kier alpha value is -4.09. The number of amides is 1. The van der Waals surface area contributed by atoms with Crippen molar-refractivity contribution in [2.24, 2.45) is 0 Å². The summed E-state index contributed by atoms with van der Waals surface area (Å²) in [5.74, 6) is -1.05. The summed E-state index contributed by atoms with van der Waals surface area (Å²) in [5, 5.41) is 6.06. The molecule has 11 nitrogen and oxygen atoms in total. The van der Waals surface area contributed by atoms with Crippen molar-refractivity contribution in [1.29, 1.82) is 0 Å². The van der Waals surface area contributed by atoms with Crippen molar-refractivity contribution in [2.45, 2.75) is 45.8 Å². The molecule has 2 aromatic carbocycles. The standard InChI is InChI=1S/C27H27Cl2N5O6/c1-27(2,3)40-25(36)32-17-7-5-6-15(10-17)8-9-16-11-18(31-23-19(28)13-30-24(29)33-23)12-20-22(16)39-26(37)34(20)14-21(35)38-4/h5-7,10-13H,8-9,14H2,1-4H3,(H,32,36)(H,30,31,33). The van der Waals surface area contributed by atoms with Gasteiger partial charge in [-0.05, 0) is 80.6 Å². The Morgan fingerprint density at radius 2 is 1.88 bits per heavy atom. The summed E-state index contributed by atoms with van der Waals surface area (Å²) in [6.45, 7) is 5.04. The number of oxazole rings is 1. The van der Waals surface area contributed by atoms with E-state index in [0.29, 0.717) is 40.9 Å². The van der Waals surface area contributed by atoms with E-state index in [4.69, 9.17) is 37.1 Å². The Labute approximate surface area is 239 Å². The number of nitrogens with zero attached hydrogens (tertiary/aromatic N) is 3. The van der Waals surface area contributed by atoms with Crippen LogP contribution in [-0.2, 0) is 33.7 Å². The van der Waals surface area contributed by atoms with Crippen LogP contribution in [0.4, 0.5) is 22.0 Å². The Bertz CT molecular complexity index is 1630. The fraction of sp³-hybridized carbons (Fsp3) is 0.296. The largest absolute Gasteiger partial charge is 0.468 e. The lowest BCUT2D eigenvalue weighted by atomic mass is 10.0. The topological polar surface area (TPSA) is 138 Å². The van der Waals surface area contributed by atoms with Crippen LogP contribution >= 0.6 is 23.2 Å². The maximum atomic E-state index is 12.7. The van der Waals surface area contributed by atoms with Gasteiger partial charge in [-0.3, -0.25) is 14.7 Å². The predicted octanol–water partition coefficient (Wildman–Crippen LogP) is 5.74. The molecule has 1 amide bonds. The van der Waals surface area contributed by atoms with E-state index in [-0.39, 0.29) is 22.7 Å². The third-order valence-corrected chi connectivity index (χ3v) is 6.05. The van der Waals surface area contributed by atoms with E-state index in [0.717, 1.165) is 5.56 Å². The zero-order chi connectivity index (χ0) is 29.0. The highest BCUT2D eigenvalue weighted by molar-refractivity contribution is 6.33. The Morgan fingerprint density at radius 3 is 2.60 bits per heavy atom. The van der Waals surface area contributed by atoms with Gasteiger partial charge < -0.3 is 19.2 Å². The smallest absolute Gasteiger partial charge is 0.420 e. The number of ether oxygens (including phenoxy) is 2. The van der Waals surface area contributed by atoms with Gasteiger partial charge in [-0.15, -0.1) is 0 Å². The Balaban J connectivity index is 1.66. The molecule has 0 saturated heterocycles. The SMILES string of the molecule is COC(=O)Cn1c(=O)oc2c(CCc3cccc(NC(=O)OC(C)(C)C)c3)cc(Nc3nc(Cl)ncc3Cl)cc21. The van der Waals surface area contributed by atoms with E-state index in [9.17, 15) is 14.4 Å². The summed E-state index contributed by atoms with van der Waals surface area (Å²) in [7, 11) is 1.24. The molecule has 4 rings (SSSR count). The fourth-order valence-corrected chi connectivity index (χ4v) is 4.18. The van der Waals surface area contributed by atoms with Crippen molar-refractivity contribution in [3.05, 3.63) is 74.6 Å². The van der Waals surface area contributed by atoms with Crippen molar-refractivity contribution in [3.63, 3.8) is 0 Å². The minimum Gasteiger partial charge on any atom is -0.468 e. The molecule has 40 heavy (non-hydrogen) atoms. The number of hydrogen-bond acceptors (Lipinski definition) is 9. The van der Waals surface area contributed by atoms with Gasteiger partial charge in [0, 0.05) is 11.4 Å². The zero-order valence-corrected chi connectivity index (χ0v) is 23.7. The second-order valence-corrected chi connectivity index (χ2v) is 10.5. The number of carbonyl (C=O) groups is 2. The van der Waals surface area contributed by atoms with Crippen LogP contribution in [0.1, 0.15) is 31.9 Å². The van der Waals surface area contributed by atoms with Gasteiger partial charge in [0.05, 0.1) is 18.8 Å². The first kappa shape index (κ1) is 28.9. The lowest BCUT2D eigenvalue weighted by molar-refractivity contribution is -0.141. The van der Waals surface area contributed by atoms with Crippen LogP contribution in [0.3, 0.4) is 0 Å². The van der Waals surface area contributed by atoms with Crippen molar-refractivity contribution in [3.8, 4) is 0 Å². The second-order valence-electron chi connectivity index (χ2n) is 9.80. The van der Waals surface area contributed by atoms with Crippen LogP contribution in [-0.4, -0.2) is 39.3 Å². The molecule has 0 aliphatic rings. The Morgan fingerprint density at radius 1 is 1.10 bits per heavy atom. The number of nitrogens with one attached hydrogen (secondary N) is 2. The molecule has 13 heteroatoms. The molecule has 2 heterocycles. The molecular formula is C27H27Cl2N5O6. The monoisotopic (exact) mass is 587 g/mol. The molecule has 0 radical (unpaired) electrons. The number of hydrogen-bond donors (Lipinski definition) is 2. The minimum atomic E-state index is -0.703. The molecular weight excluding hydrogens is 561 g/mol. The number of fused-ring (bicyclic) bond motifs is 1. The number of methoxy groups -OCH3 is 1. The lowest BCUT2D eigenvalue weighted by Crippen LogP contribution is -2.27. The highest BCUT2D eigenvalue weighted by Crippen LogP contribution is 2.29. The molecule has 2 aromatic heterocycles. The average molecular weight is 588 g/mol. The van der Waals surface area contributed by atoms with E-state index >= 15 is 0 Å². The number of halogens is 2. The van der Waals surface area contributed by atoms with Crippen molar-refractivity contribution in [1.82, 2.24) is 14.5 Å². The third kappa shape index (κ3) is 7.30. The molecule has 0 unspecified atom stereocenters. The van der Waals surface area contributed by atoms with E-state index in [1.807, 2.05) is 18.2 Å².